The van der Waals surface area contributed by atoms with E-state index in [0.717, 1.165) is 34.0 Å². The number of carboxylic acid groups (broad SMARTS) is 1. The van der Waals surface area contributed by atoms with Crippen LogP contribution in [0.4, 0.5) is 0 Å². The number of benzene rings is 2. The molecule has 0 aliphatic rings. The number of rotatable bonds is 7. The van der Waals surface area contributed by atoms with Crippen LogP contribution in [0, 0.1) is 13.8 Å². The summed E-state index contributed by atoms with van der Waals surface area (Å²) in [5.74, 6) is -0.876. The van der Waals surface area contributed by atoms with Gasteiger partial charge in [0.15, 0.2) is 0 Å². The van der Waals surface area contributed by atoms with Crippen LogP contribution in [0.3, 0.4) is 0 Å². The Kier molecular flexibility index (Phi) is 5.66. The molecule has 4 nitrogen and oxygen atoms in total. The third-order valence-corrected chi connectivity index (χ3v) is 5.36. The lowest BCUT2D eigenvalue weighted by atomic mass is 10.1. The van der Waals surface area contributed by atoms with Crippen molar-refractivity contribution in [3.63, 3.8) is 0 Å². The highest BCUT2D eigenvalue weighted by atomic mass is 16.4. The zero-order valence-electron chi connectivity index (χ0n) is 16.5. The van der Waals surface area contributed by atoms with Crippen LogP contribution in [0.1, 0.15) is 53.0 Å². The van der Waals surface area contributed by atoms with Crippen molar-refractivity contribution >= 4 is 16.9 Å². The van der Waals surface area contributed by atoms with Crippen molar-refractivity contribution in [3.8, 4) is 0 Å². The molecule has 3 aromatic rings. The lowest BCUT2D eigenvalue weighted by molar-refractivity contribution is 0.0684. The molecule has 4 heteroatoms. The van der Waals surface area contributed by atoms with Gasteiger partial charge in [-0.2, -0.15) is 0 Å². The Labute approximate surface area is 160 Å². The average molecular weight is 364 g/mol. The summed E-state index contributed by atoms with van der Waals surface area (Å²) in [5.41, 5.74) is 5.67. The Bertz CT molecular complexity index is 972. The summed E-state index contributed by atoms with van der Waals surface area (Å²) in [4.78, 5) is 12.2. The second-order valence-electron chi connectivity index (χ2n) is 7.36. The number of nitrogens with one attached hydrogen (secondary N) is 1. The van der Waals surface area contributed by atoms with Crippen molar-refractivity contribution in [2.75, 3.05) is 0 Å². The summed E-state index contributed by atoms with van der Waals surface area (Å²) < 4.78 is 1.96. The van der Waals surface area contributed by atoms with Gasteiger partial charge in [0.1, 0.15) is 5.69 Å². The molecule has 0 saturated carbocycles. The fraction of sp³-hybridized carbons (Fsp3) is 0.348. The Morgan fingerprint density at radius 3 is 2.59 bits per heavy atom. The number of aryl methyl sites for hydroxylation is 2. The zero-order chi connectivity index (χ0) is 19.6. The summed E-state index contributed by atoms with van der Waals surface area (Å²) in [5, 5.41) is 14.5. The minimum Gasteiger partial charge on any atom is -0.477 e. The van der Waals surface area contributed by atoms with Gasteiger partial charge in [-0.05, 0) is 49.9 Å². The molecule has 0 spiro atoms. The van der Waals surface area contributed by atoms with E-state index in [4.69, 9.17) is 0 Å². The van der Waals surface area contributed by atoms with Gasteiger partial charge in [0, 0.05) is 35.6 Å². The smallest absolute Gasteiger partial charge is 0.352 e. The van der Waals surface area contributed by atoms with Crippen LogP contribution in [0.25, 0.3) is 10.9 Å². The summed E-state index contributed by atoms with van der Waals surface area (Å²) >= 11 is 0. The first-order chi connectivity index (χ1) is 12.9. The van der Waals surface area contributed by atoms with Gasteiger partial charge >= 0.3 is 5.97 Å². The zero-order valence-corrected chi connectivity index (χ0v) is 16.5. The fourth-order valence-corrected chi connectivity index (χ4v) is 3.50. The van der Waals surface area contributed by atoms with Crippen LogP contribution in [0.5, 0.6) is 0 Å². The van der Waals surface area contributed by atoms with Crippen molar-refractivity contribution < 1.29 is 9.90 Å². The molecule has 2 N–H and O–H groups in total. The largest absolute Gasteiger partial charge is 0.477 e. The maximum atomic E-state index is 12.2. The molecular weight excluding hydrogens is 336 g/mol. The first kappa shape index (κ1) is 19.2. The molecule has 0 radical (unpaired) electrons. The fourth-order valence-electron chi connectivity index (χ4n) is 3.50. The van der Waals surface area contributed by atoms with Crippen molar-refractivity contribution in [2.24, 2.45) is 0 Å². The molecule has 0 aliphatic heterocycles. The first-order valence-corrected chi connectivity index (χ1v) is 9.55. The summed E-state index contributed by atoms with van der Waals surface area (Å²) in [6.45, 7) is 9.46. The van der Waals surface area contributed by atoms with E-state index in [1.165, 1.54) is 5.56 Å². The van der Waals surface area contributed by atoms with Crippen LogP contribution in [-0.4, -0.2) is 21.7 Å². The quantitative estimate of drug-likeness (QED) is 0.627. The highest BCUT2D eigenvalue weighted by Gasteiger charge is 2.23. The Morgan fingerprint density at radius 1 is 1.19 bits per heavy atom. The first-order valence-electron chi connectivity index (χ1n) is 9.55. The number of fused-ring (bicyclic) bond motifs is 1. The van der Waals surface area contributed by atoms with Crippen LogP contribution >= 0.6 is 0 Å². The van der Waals surface area contributed by atoms with Gasteiger partial charge in [-0.1, -0.05) is 43.3 Å². The highest BCUT2D eigenvalue weighted by Crippen LogP contribution is 2.29. The normalized spacial score (nSPS) is 12.4. The molecule has 3 rings (SSSR count). The van der Waals surface area contributed by atoms with Gasteiger partial charge in [0.25, 0.3) is 0 Å². The van der Waals surface area contributed by atoms with Crippen LogP contribution in [0.2, 0.25) is 0 Å². The van der Waals surface area contributed by atoms with Crippen LogP contribution in [-0.2, 0) is 13.1 Å². The minimum absolute atomic E-state index is 0.340. The monoisotopic (exact) mass is 364 g/mol. The molecule has 1 heterocycles. The maximum absolute atomic E-state index is 12.2. The number of carbonyl (C=O) groups is 1. The maximum Gasteiger partial charge on any atom is 0.352 e. The van der Waals surface area contributed by atoms with Crippen molar-refractivity contribution in [3.05, 3.63) is 70.4 Å². The summed E-state index contributed by atoms with van der Waals surface area (Å²) in [7, 11) is 0. The van der Waals surface area contributed by atoms with Crippen LogP contribution < -0.4 is 5.32 Å². The van der Waals surface area contributed by atoms with Gasteiger partial charge in [-0.25, -0.2) is 4.79 Å². The second kappa shape index (κ2) is 7.97. The van der Waals surface area contributed by atoms with Gasteiger partial charge in [-0.15, -0.1) is 0 Å². The van der Waals surface area contributed by atoms with Gasteiger partial charge in [-0.3, -0.25) is 0 Å². The Morgan fingerprint density at radius 2 is 1.93 bits per heavy atom. The lowest BCUT2D eigenvalue weighted by Crippen LogP contribution is -2.25. The third kappa shape index (κ3) is 3.91. The predicted octanol–water partition coefficient (Wildman–Crippen LogP) is 4.89. The molecule has 27 heavy (non-hydrogen) atoms. The summed E-state index contributed by atoms with van der Waals surface area (Å²) in [6.07, 6.45) is 1.00. The topological polar surface area (TPSA) is 54.3 Å². The molecule has 1 aromatic heterocycles. The molecule has 142 valence electrons. The minimum atomic E-state index is -0.876. The molecular formula is C23H28N2O2. The lowest BCUT2D eigenvalue weighted by Gasteiger charge is -2.13. The van der Waals surface area contributed by atoms with E-state index in [9.17, 15) is 9.90 Å². The van der Waals surface area contributed by atoms with Crippen LogP contribution in [0.15, 0.2) is 42.5 Å². The van der Waals surface area contributed by atoms with Gasteiger partial charge in [0.2, 0.25) is 0 Å². The van der Waals surface area contributed by atoms with E-state index in [1.54, 1.807) is 0 Å². The number of aromatic nitrogens is 1. The number of aromatic carboxylic acids is 1. The van der Waals surface area contributed by atoms with Gasteiger partial charge in [0.05, 0.1) is 0 Å². The number of carboxylic acids is 1. The highest BCUT2D eigenvalue weighted by molar-refractivity contribution is 5.98. The molecule has 0 bridgehead atoms. The summed E-state index contributed by atoms with van der Waals surface area (Å²) in [6, 6.07) is 14.7. The Balaban J connectivity index is 2.18. The van der Waals surface area contributed by atoms with E-state index in [0.29, 0.717) is 24.8 Å². The van der Waals surface area contributed by atoms with Crippen molar-refractivity contribution in [1.29, 1.82) is 0 Å². The van der Waals surface area contributed by atoms with E-state index in [-0.39, 0.29) is 0 Å². The number of nitrogens with zero attached hydrogens (tertiary/aromatic N) is 1. The van der Waals surface area contributed by atoms with E-state index >= 15 is 0 Å². The molecule has 0 aliphatic carbocycles. The third-order valence-electron chi connectivity index (χ3n) is 5.36. The van der Waals surface area contributed by atoms with Gasteiger partial charge < -0.3 is 15.0 Å². The van der Waals surface area contributed by atoms with E-state index < -0.39 is 5.97 Å². The van der Waals surface area contributed by atoms with E-state index in [2.05, 4.69) is 56.4 Å². The van der Waals surface area contributed by atoms with Crippen molar-refractivity contribution in [1.82, 2.24) is 9.88 Å². The second-order valence-corrected chi connectivity index (χ2v) is 7.36. The molecule has 0 saturated heterocycles. The Hall–Kier alpha value is -2.59. The number of hydrogen-bond donors (Lipinski definition) is 2. The average Bonchev–Trinajstić information content (AvgIpc) is 2.94. The van der Waals surface area contributed by atoms with E-state index in [1.807, 2.05) is 23.6 Å². The molecule has 0 amide bonds. The molecule has 1 atom stereocenters. The molecule has 2 aromatic carbocycles. The number of hydrogen-bond acceptors (Lipinski definition) is 2. The predicted molar refractivity (Wildman–Crippen MR) is 111 cm³/mol. The van der Waals surface area contributed by atoms with Crippen molar-refractivity contribution in [2.45, 2.75) is 53.2 Å². The SMILES string of the molecule is CC[C@@H](C)NCc1c(C(=O)O)n(Cc2ccccc2C)c2cc(C)ccc12. The molecule has 0 unspecified atom stereocenters. The standard InChI is InChI=1S/C23H28N2O2/c1-5-17(4)24-13-20-19-11-10-15(2)12-21(19)25(22(20)23(26)27)14-18-9-7-6-8-16(18)3/h6-12,17,24H,5,13-14H2,1-4H3,(H,26,27)/t17-/m1/s1. The molecule has 0 fully saturated rings.